The van der Waals surface area contributed by atoms with Crippen molar-refractivity contribution in [2.45, 2.75) is 12.5 Å². The highest BCUT2D eigenvalue weighted by atomic mass is 32.2. The van der Waals surface area contributed by atoms with E-state index < -0.39 is 40.3 Å². The molecule has 0 fully saturated rings. The summed E-state index contributed by atoms with van der Waals surface area (Å²) in [5.41, 5.74) is 0. The summed E-state index contributed by atoms with van der Waals surface area (Å²) in [6.07, 6.45) is 0.214. The van der Waals surface area contributed by atoms with E-state index >= 15 is 0 Å². The molecule has 0 bridgehead atoms. The number of carbonyl (C=O) groups excluding carboxylic acids is 1. The highest BCUT2D eigenvalue weighted by Gasteiger charge is 2.22. The zero-order valence-corrected chi connectivity index (χ0v) is 10.4. The summed E-state index contributed by atoms with van der Waals surface area (Å²) in [7, 11) is -3.24. The molecule has 18 heavy (non-hydrogen) atoms. The van der Waals surface area contributed by atoms with Crippen molar-refractivity contribution in [2.24, 2.45) is 0 Å². The van der Waals surface area contributed by atoms with E-state index in [-0.39, 0.29) is 12.3 Å². The molecule has 4 N–H and O–H groups in total. The standard InChI is InChI=1S/C8H14N2O7S/c1-18(16,17)3-2-9-8(15)10-5(7(13)14)4-6(11)12/h5H,2-4H2,1H3,(H,11,12)(H,13,14)(H2,9,10,15)/t5-/m0/s1. The summed E-state index contributed by atoms with van der Waals surface area (Å²) in [6, 6.07) is -2.51. The predicted octanol–water partition coefficient (Wildman–Crippen LogP) is -1.74. The fraction of sp³-hybridized carbons (Fsp3) is 0.625. The maximum Gasteiger partial charge on any atom is 0.326 e. The van der Waals surface area contributed by atoms with Gasteiger partial charge in [-0.3, -0.25) is 4.79 Å². The van der Waals surface area contributed by atoms with Gasteiger partial charge in [0.05, 0.1) is 12.2 Å². The Morgan fingerprint density at radius 3 is 2.17 bits per heavy atom. The van der Waals surface area contributed by atoms with Crippen molar-refractivity contribution in [3.05, 3.63) is 0 Å². The van der Waals surface area contributed by atoms with Gasteiger partial charge in [0.15, 0.2) is 0 Å². The average Bonchev–Trinajstić information content (AvgIpc) is 2.13. The molecule has 0 aromatic heterocycles. The lowest BCUT2D eigenvalue weighted by atomic mass is 10.2. The highest BCUT2D eigenvalue weighted by Crippen LogP contribution is 1.92. The summed E-state index contributed by atoms with van der Waals surface area (Å²) in [5, 5.41) is 21.1. The van der Waals surface area contributed by atoms with Crippen molar-refractivity contribution in [3.63, 3.8) is 0 Å². The molecule has 104 valence electrons. The van der Waals surface area contributed by atoms with Crippen LogP contribution in [0.2, 0.25) is 0 Å². The molecule has 0 saturated carbocycles. The number of carbonyl (C=O) groups is 3. The van der Waals surface area contributed by atoms with E-state index in [9.17, 15) is 22.8 Å². The fourth-order valence-corrected chi connectivity index (χ4v) is 1.41. The lowest BCUT2D eigenvalue weighted by Gasteiger charge is -2.12. The summed E-state index contributed by atoms with van der Waals surface area (Å²) in [6.45, 7) is -0.190. The summed E-state index contributed by atoms with van der Waals surface area (Å²) >= 11 is 0. The van der Waals surface area contributed by atoms with E-state index in [1.807, 2.05) is 5.32 Å². The zero-order chi connectivity index (χ0) is 14.3. The minimum atomic E-state index is -3.24. The molecule has 0 heterocycles. The van der Waals surface area contributed by atoms with Gasteiger partial charge >= 0.3 is 18.0 Å². The molecule has 0 aromatic carbocycles. The van der Waals surface area contributed by atoms with Gasteiger partial charge < -0.3 is 20.8 Å². The Hall–Kier alpha value is -1.84. The van der Waals surface area contributed by atoms with Crippen LogP contribution in [0.1, 0.15) is 6.42 Å². The quantitative estimate of drug-likeness (QED) is 0.432. The van der Waals surface area contributed by atoms with Crippen LogP contribution in [0.4, 0.5) is 4.79 Å². The third-order valence-electron chi connectivity index (χ3n) is 1.74. The molecule has 0 radical (unpaired) electrons. The van der Waals surface area contributed by atoms with Crippen LogP contribution in [0.3, 0.4) is 0 Å². The smallest absolute Gasteiger partial charge is 0.326 e. The first kappa shape index (κ1) is 16.2. The Kier molecular flexibility index (Phi) is 6.09. The molecule has 1 atom stereocenters. The van der Waals surface area contributed by atoms with Crippen molar-refractivity contribution in [2.75, 3.05) is 18.6 Å². The van der Waals surface area contributed by atoms with Crippen LogP contribution >= 0.6 is 0 Å². The van der Waals surface area contributed by atoms with Crippen LogP contribution in [-0.4, -0.2) is 61.2 Å². The molecule has 0 aromatic rings. The highest BCUT2D eigenvalue weighted by molar-refractivity contribution is 7.90. The Morgan fingerprint density at radius 2 is 1.78 bits per heavy atom. The SMILES string of the molecule is CS(=O)(=O)CCNC(=O)N[C@@H](CC(=O)O)C(=O)O. The molecule has 0 saturated heterocycles. The van der Waals surface area contributed by atoms with E-state index in [0.29, 0.717) is 0 Å². The lowest BCUT2D eigenvalue weighted by Crippen LogP contribution is -2.47. The van der Waals surface area contributed by atoms with Gasteiger partial charge in [-0.25, -0.2) is 18.0 Å². The first-order valence-corrected chi connectivity index (χ1v) is 6.84. The molecular weight excluding hydrogens is 268 g/mol. The molecule has 2 amide bonds. The molecule has 9 nitrogen and oxygen atoms in total. The van der Waals surface area contributed by atoms with Gasteiger partial charge in [-0.05, 0) is 0 Å². The largest absolute Gasteiger partial charge is 0.481 e. The summed E-state index contributed by atoms with van der Waals surface area (Å²) < 4.78 is 21.5. The van der Waals surface area contributed by atoms with E-state index in [2.05, 4.69) is 5.32 Å². The number of urea groups is 1. The van der Waals surface area contributed by atoms with Gasteiger partial charge in [-0.15, -0.1) is 0 Å². The molecule has 0 aliphatic heterocycles. The Bertz CT molecular complexity index is 431. The van der Waals surface area contributed by atoms with Gasteiger partial charge in [-0.1, -0.05) is 0 Å². The topological polar surface area (TPSA) is 150 Å². The zero-order valence-electron chi connectivity index (χ0n) is 9.54. The number of carboxylic acids is 2. The third-order valence-corrected chi connectivity index (χ3v) is 2.69. The second-order valence-corrected chi connectivity index (χ2v) is 5.78. The van der Waals surface area contributed by atoms with Crippen molar-refractivity contribution in [1.29, 1.82) is 0 Å². The maximum atomic E-state index is 11.2. The first-order valence-electron chi connectivity index (χ1n) is 4.78. The molecule has 0 unspecified atom stereocenters. The normalized spacial score (nSPS) is 12.5. The van der Waals surface area contributed by atoms with Gasteiger partial charge in [0.2, 0.25) is 0 Å². The number of carboxylic acid groups (broad SMARTS) is 2. The number of aliphatic carboxylic acids is 2. The van der Waals surface area contributed by atoms with Crippen molar-refractivity contribution >= 4 is 27.8 Å². The van der Waals surface area contributed by atoms with Crippen LogP contribution < -0.4 is 10.6 Å². The molecule has 0 aliphatic rings. The van der Waals surface area contributed by atoms with Crippen molar-refractivity contribution < 1.29 is 33.0 Å². The second-order valence-electron chi connectivity index (χ2n) is 3.52. The minimum absolute atomic E-state index is 0.190. The predicted molar refractivity (Wildman–Crippen MR) is 59.9 cm³/mol. The van der Waals surface area contributed by atoms with Gasteiger partial charge in [-0.2, -0.15) is 0 Å². The van der Waals surface area contributed by atoms with Crippen LogP contribution in [0.25, 0.3) is 0 Å². The maximum absolute atomic E-state index is 11.2. The Morgan fingerprint density at radius 1 is 1.22 bits per heavy atom. The van der Waals surface area contributed by atoms with Crippen LogP contribution in [0.5, 0.6) is 0 Å². The van der Waals surface area contributed by atoms with Gasteiger partial charge in [0.25, 0.3) is 0 Å². The third kappa shape index (κ3) is 8.33. The minimum Gasteiger partial charge on any atom is -0.481 e. The Balaban J connectivity index is 4.19. The first-order chi connectivity index (χ1) is 8.11. The average molecular weight is 282 g/mol. The number of hydrogen-bond donors (Lipinski definition) is 4. The molecule has 0 aliphatic carbocycles. The molecule has 0 spiro atoms. The Labute approximate surface area is 103 Å². The number of hydrogen-bond acceptors (Lipinski definition) is 5. The van der Waals surface area contributed by atoms with E-state index in [1.165, 1.54) is 0 Å². The monoisotopic (exact) mass is 282 g/mol. The number of nitrogens with one attached hydrogen (secondary N) is 2. The van der Waals surface area contributed by atoms with Crippen molar-refractivity contribution in [3.8, 4) is 0 Å². The number of sulfone groups is 1. The van der Waals surface area contributed by atoms with Gasteiger partial charge in [0, 0.05) is 12.8 Å². The van der Waals surface area contributed by atoms with Crippen LogP contribution in [-0.2, 0) is 19.4 Å². The van der Waals surface area contributed by atoms with E-state index in [1.54, 1.807) is 0 Å². The number of rotatable bonds is 7. The summed E-state index contributed by atoms with van der Waals surface area (Å²) in [5.74, 6) is -3.16. The van der Waals surface area contributed by atoms with Crippen molar-refractivity contribution in [1.82, 2.24) is 10.6 Å². The van der Waals surface area contributed by atoms with Crippen LogP contribution in [0, 0.1) is 0 Å². The second kappa shape index (κ2) is 6.79. The number of amides is 2. The summed E-state index contributed by atoms with van der Waals surface area (Å²) in [4.78, 5) is 32.1. The molecule has 0 rings (SSSR count). The van der Waals surface area contributed by atoms with Crippen LogP contribution in [0.15, 0.2) is 0 Å². The fourth-order valence-electron chi connectivity index (χ4n) is 0.934. The van der Waals surface area contributed by atoms with E-state index in [0.717, 1.165) is 6.26 Å². The van der Waals surface area contributed by atoms with Gasteiger partial charge in [0.1, 0.15) is 15.9 Å². The van der Waals surface area contributed by atoms with E-state index in [4.69, 9.17) is 10.2 Å². The lowest BCUT2D eigenvalue weighted by molar-refractivity contribution is -0.145. The molecule has 10 heteroatoms. The molecular formula is C8H14N2O7S.